The van der Waals surface area contributed by atoms with E-state index in [4.69, 9.17) is 0 Å². The summed E-state index contributed by atoms with van der Waals surface area (Å²) in [4.78, 5) is 0. The van der Waals surface area contributed by atoms with Crippen LogP contribution in [0.1, 0.15) is 18.9 Å². The van der Waals surface area contributed by atoms with E-state index in [0.29, 0.717) is 11.4 Å². The first-order valence-electron chi connectivity index (χ1n) is 5.36. The van der Waals surface area contributed by atoms with Crippen LogP contribution in [0.5, 0.6) is 0 Å². The Hall–Kier alpha value is -1.71. The van der Waals surface area contributed by atoms with Gasteiger partial charge in [-0.25, -0.2) is 4.39 Å². The summed E-state index contributed by atoms with van der Waals surface area (Å²) in [5.41, 5.74) is 1.54. The Morgan fingerprint density at radius 2 is 2.19 bits per heavy atom. The van der Waals surface area contributed by atoms with Gasteiger partial charge in [-0.05, 0) is 25.5 Å². The average Bonchev–Trinajstić information content (AvgIpc) is 2.70. The third-order valence-electron chi connectivity index (χ3n) is 2.44. The molecule has 0 bridgehead atoms. The Labute approximate surface area is 93.9 Å². The van der Waals surface area contributed by atoms with E-state index in [9.17, 15) is 4.39 Å². The standard InChI is InChI=1S/C12H14FN3/c1-3-6-16-8-14-15-12(16)10-7-9(2)4-5-11(10)13/h4-5,7-8H,3,6H2,1-2H3. The van der Waals surface area contributed by atoms with Gasteiger partial charge in [-0.2, -0.15) is 0 Å². The number of hydrogen-bond donors (Lipinski definition) is 0. The van der Waals surface area contributed by atoms with Crippen LogP contribution in [0, 0.1) is 12.7 Å². The fraction of sp³-hybridized carbons (Fsp3) is 0.333. The summed E-state index contributed by atoms with van der Waals surface area (Å²) in [6.45, 7) is 4.80. The summed E-state index contributed by atoms with van der Waals surface area (Å²) in [7, 11) is 0. The van der Waals surface area contributed by atoms with E-state index in [1.54, 1.807) is 18.5 Å². The van der Waals surface area contributed by atoms with Gasteiger partial charge in [0.2, 0.25) is 0 Å². The number of hydrogen-bond acceptors (Lipinski definition) is 2. The summed E-state index contributed by atoms with van der Waals surface area (Å²) in [5.74, 6) is 0.346. The van der Waals surface area contributed by atoms with Crippen molar-refractivity contribution in [2.24, 2.45) is 0 Å². The van der Waals surface area contributed by atoms with Crippen LogP contribution in [0.4, 0.5) is 4.39 Å². The normalized spacial score (nSPS) is 10.7. The Kier molecular flexibility index (Phi) is 2.99. The van der Waals surface area contributed by atoms with Crippen molar-refractivity contribution in [3.05, 3.63) is 35.9 Å². The van der Waals surface area contributed by atoms with E-state index < -0.39 is 0 Å². The molecule has 0 saturated carbocycles. The first-order chi connectivity index (χ1) is 7.72. The van der Waals surface area contributed by atoms with Crippen molar-refractivity contribution >= 4 is 0 Å². The fourth-order valence-electron chi connectivity index (χ4n) is 1.68. The lowest BCUT2D eigenvalue weighted by Crippen LogP contribution is -2.00. The van der Waals surface area contributed by atoms with Crippen molar-refractivity contribution < 1.29 is 4.39 Å². The average molecular weight is 219 g/mol. The molecule has 1 heterocycles. The van der Waals surface area contributed by atoms with Crippen LogP contribution in [0.15, 0.2) is 24.5 Å². The van der Waals surface area contributed by atoms with Crippen molar-refractivity contribution in [1.82, 2.24) is 14.8 Å². The number of halogens is 1. The van der Waals surface area contributed by atoms with Gasteiger partial charge in [-0.15, -0.1) is 10.2 Å². The van der Waals surface area contributed by atoms with Crippen LogP contribution in [-0.2, 0) is 6.54 Å². The molecule has 0 aliphatic carbocycles. The molecule has 0 aliphatic rings. The monoisotopic (exact) mass is 219 g/mol. The Balaban J connectivity index is 2.49. The highest BCUT2D eigenvalue weighted by Gasteiger charge is 2.11. The number of rotatable bonds is 3. The molecule has 1 aromatic heterocycles. The van der Waals surface area contributed by atoms with Gasteiger partial charge in [-0.1, -0.05) is 18.6 Å². The van der Waals surface area contributed by atoms with Crippen molar-refractivity contribution in [3.8, 4) is 11.4 Å². The minimum absolute atomic E-state index is 0.254. The van der Waals surface area contributed by atoms with E-state index in [0.717, 1.165) is 18.5 Å². The number of benzene rings is 1. The molecule has 0 radical (unpaired) electrons. The minimum atomic E-state index is -0.254. The Morgan fingerprint density at radius 1 is 1.38 bits per heavy atom. The lowest BCUT2D eigenvalue weighted by atomic mass is 10.1. The number of nitrogens with zero attached hydrogens (tertiary/aromatic N) is 3. The second-order valence-corrected chi connectivity index (χ2v) is 3.83. The molecule has 1 aromatic carbocycles. The van der Waals surface area contributed by atoms with Gasteiger partial charge in [-0.3, -0.25) is 0 Å². The van der Waals surface area contributed by atoms with Gasteiger partial charge in [0.25, 0.3) is 0 Å². The van der Waals surface area contributed by atoms with Crippen LogP contribution in [0.25, 0.3) is 11.4 Å². The first kappa shape index (κ1) is 10.8. The maximum absolute atomic E-state index is 13.7. The molecule has 2 aromatic rings. The van der Waals surface area contributed by atoms with Gasteiger partial charge in [0.15, 0.2) is 5.82 Å². The summed E-state index contributed by atoms with van der Waals surface area (Å²) in [6.07, 6.45) is 2.61. The topological polar surface area (TPSA) is 30.7 Å². The molecule has 0 N–H and O–H groups in total. The van der Waals surface area contributed by atoms with Gasteiger partial charge < -0.3 is 4.57 Å². The van der Waals surface area contributed by atoms with Crippen LogP contribution < -0.4 is 0 Å². The maximum atomic E-state index is 13.7. The fourth-order valence-corrected chi connectivity index (χ4v) is 1.68. The number of aromatic nitrogens is 3. The quantitative estimate of drug-likeness (QED) is 0.794. The van der Waals surface area contributed by atoms with Crippen LogP contribution in [0.2, 0.25) is 0 Å². The Morgan fingerprint density at radius 3 is 2.94 bits per heavy atom. The molecule has 4 heteroatoms. The van der Waals surface area contributed by atoms with Gasteiger partial charge in [0, 0.05) is 6.54 Å². The van der Waals surface area contributed by atoms with E-state index in [1.165, 1.54) is 6.07 Å². The predicted octanol–water partition coefficient (Wildman–Crippen LogP) is 2.80. The van der Waals surface area contributed by atoms with Crippen LogP contribution in [0.3, 0.4) is 0 Å². The molecule has 0 aliphatic heterocycles. The third-order valence-corrected chi connectivity index (χ3v) is 2.44. The van der Waals surface area contributed by atoms with Crippen molar-refractivity contribution in [2.75, 3.05) is 0 Å². The number of aryl methyl sites for hydroxylation is 2. The zero-order valence-electron chi connectivity index (χ0n) is 9.44. The van der Waals surface area contributed by atoms with Crippen molar-refractivity contribution in [1.29, 1.82) is 0 Å². The molecule has 2 rings (SSSR count). The SMILES string of the molecule is CCCn1cnnc1-c1cc(C)ccc1F. The molecular weight excluding hydrogens is 205 g/mol. The second kappa shape index (κ2) is 4.43. The largest absolute Gasteiger partial charge is 0.314 e. The molecule has 0 fully saturated rings. The third kappa shape index (κ3) is 1.96. The smallest absolute Gasteiger partial charge is 0.166 e. The zero-order valence-corrected chi connectivity index (χ0v) is 9.44. The summed E-state index contributed by atoms with van der Waals surface area (Å²) in [5, 5.41) is 7.81. The van der Waals surface area contributed by atoms with Gasteiger partial charge >= 0.3 is 0 Å². The maximum Gasteiger partial charge on any atom is 0.166 e. The summed E-state index contributed by atoms with van der Waals surface area (Å²) in [6, 6.07) is 5.01. The van der Waals surface area contributed by atoms with Crippen LogP contribution >= 0.6 is 0 Å². The van der Waals surface area contributed by atoms with Crippen molar-refractivity contribution in [2.45, 2.75) is 26.8 Å². The lowest BCUT2D eigenvalue weighted by molar-refractivity contribution is 0.623. The molecule has 0 saturated heterocycles. The van der Waals surface area contributed by atoms with Crippen LogP contribution in [-0.4, -0.2) is 14.8 Å². The molecule has 84 valence electrons. The van der Waals surface area contributed by atoms with E-state index in [2.05, 4.69) is 17.1 Å². The van der Waals surface area contributed by atoms with Gasteiger partial charge in [0.1, 0.15) is 12.1 Å². The summed E-state index contributed by atoms with van der Waals surface area (Å²) < 4.78 is 15.5. The molecule has 0 amide bonds. The zero-order chi connectivity index (χ0) is 11.5. The molecule has 0 atom stereocenters. The highest BCUT2D eigenvalue weighted by Crippen LogP contribution is 2.21. The van der Waals surface area contributed by atoms with E-state index in [-0.39, 0.29) is 5.82 Å². The summed E-state index contributed by atoms with van der Waals surface area (Å²) >= 11 is 0. The first-order valence-corrected chi connectivity index (χ1v) is 5.36. The van der Waals surface area contributed by atoms with Crippen molar-refractivity contribution in [3.63, 3.8) is 0 Å². The second-order valence-electron chi connectivity index (χ2n) is 3.83. The molecular formula is C12H14FN3. The molecule has 0 unspecified atom stereocenters. The van der Waals surface area contributed by atoms with E-state index in [1.807, 2.05) is 11.5 Å². The lowest BCUT2D eigenvalue weighted by Gasteiger charge is -2.06. The molecule has 16 heavy (non-hydrogen) atoms. The van der Waals surface area contributed by atoms with E-state index >= 15 is 0 Å². The minimum Gasteiger partial charge on any atom is -0.314 e. The Bertz CT molecular complexity index is 491. The van der Waals surface area contributed by atoms with Gasteiger partial charge in [0.05, 0.1) is 5.56 Å². The highest BCUT2D eigenvalue weighted by atomic mass is 19.1. The molecule has 3 nitrogen and oxygen atoms in total. The molecule has 0 spiro atoms. The predicted molar refractivity (Wildman–Crippen MR) is 60.4 cm³/mol. The highest BCUT2D eigenvalue weighted by molar-refractivity contribution is 5.57.